The van der Waals surface area contributed by atoms with Gasteiger partial charge in [-0.05, 0) is 96.3 Å². The third-order valence-corrected chi connectivity index (χ3v) is 12.1. The second-order valence-electron chi connectivity index (χ2n) is 18.5. The Balaban J connectivity index is 4.39. The van der Waals surface area contributed by atoms with E-state index in [1.54, 1.807) is 0 Å². The second kappa shape index (κ2) is 52.3. The summed E-state index contributed by atoms with van der Waals surface area (Å²) in [4.78, 5) is 38.0. The highest BCUT2D eigenvalue weighted by molar-refractivity contribution is 5.71. The van der Waals surface area contributed by atoms with E-state index in [-0.39, 0.29) is 31.1 Å². The number of hydrogen-bond donors (Lipinski definition) is 0. The monoisotopic (exact) mass is 885 g/mol. The van der Waals surface area contributed by atoms with Crippen molar-refractivity contribution in [3.05, 3.63) is 36.5 Å². The summed E-state index contributed by atoms with van der Waals surface area (Å²) in [5.41, 5.74) is 0. The number of ether oxygens (including phenoxy) is 3. The minimum absolute atomic E-state index is 0.0833. The van der Waals surface area contributed by atoms with Crippen molar-refractivity contribution >= 4 is 17.9 Å². The third-order valence-electron chi connectivity index (χ3n) is 12.1. The molecule has 6 heteroatoms. The second-order valence-corrected chi connectivity index (χ2v) is 18.5. The normalized spacial score (nSPS) is 12.2. The quantitative estimate of drug-likeness (QED) is 0.0262. The Labute approximate surface area is 391 Å². The van der Waals surface area contributed by atoms with Crippen LogP contribution in [0.5, 0.6) is 0 Å². The maximum Gasteiger partial charge on any atom is 0.306 e. The fraction of sp³-hybridized carbons (Fsp3) is 0.842. The van der Waals surface area contributed by atoms with Crippen molar-refractivity contribution in [3.63, 3.8) is 0 Å². The fourth-order valence-corrected chi connectivity index (χ4v) is 7.90. The highest BCUT2D eigenvalue weighted by atomic mass is 16.6. The topological polar surface area (TPSA) is 78.9 Å². The Morgan fingerprint density at radius 1 is 0.302 bits per heavy atom. The predicted octanol–water partition coefficient (Wildman–Crippen LogP) is 18.1. The zero-order valence-electron chi connectivity index (χ0n) is 42.1. The molecule has 0 aliphatic rings. The van der Waals surface area contributed by atoms with Crippen LogP contribution in [0.4, 0.5) is 0 Å². The number of unbranched alkanes of at least 4 members (excludes halogenated alkanes) is 33. The first-order chi connectivity index (χ1) is 31.0. The maximum atomic E-state index is 12.8. The molecule has 0 rings (SSSR count). The predicted molar refractivity (Wildman–Crippen MR) is 270 cm³/mol. The van der Waals surface area contributed by atoms with Gasteiger partial charge in [0.15, 0.2) is 6.10 Å². The van der Waals surface area contributed by atoms with Crippen LogP contribution in [0.2, 0.25) is 0 Å². The molecular formula is C57H104O6. The highest BCUT2D eigenvalue weighted by Crippen LogP contribution is 2.15. The Morgan fingerprint density at radius 3 is 0.810 bits per heavy atom. The van der Waals surface area contributed by atoms with E-state index in [4.69, 9.17) is 14.2 Å². The first-order valence-corrected chi connectivity index (χ1v) is 27.5. The van der Waals surface area contributed by atoms with Gasteiger partial charge in [-0.3, -0.25) is 14.4 Å². The average molecular weight is 885 g/mol. The average Bonchev–Trinajstić information content (AvgIpc) is 3.28. The molecule has 0 amide bonds. The van der Waals surface area contributed by atoms with E-state index in [0.29, 0.717) is 19.3 Å². The highest BCUT2D eigenvalue weighted by Gasteiger charge is 2.19. The zero-order chi connectivity index (χ0) is 45.8. The molecule has 0 aromatic carbocycles. The minimum Gasteiger partial charge on any atom is -0.462 e. The summed E-state index contributed by atoms with van der Waals surface area (Å²) in [6.07, 6.45) is 61.3. The molecule has 0 fully saturated rings. The largest absolute Gasteiger partial charge is 0.462 e. The Morgan fingerprint density at radius 2 is 0.524 bits per heavy atom. The summed E-state index contributed by atoms with van der Waals surface area (Å²) >= 11 is 0. The van der Waals surface area contributed by atoms with Crippen molar-refractivity contribution in [2.75, 3.05) is 13.2 Å². The zero-order valence-corrected chi connectivity index (χ0v) is 42.1. The van der Waals surface area contributed by atoms with Gasteiger partial charge in [-0.15, -0.1) is 0 Å². The molecule has 0 saturated carbocycles. The summed E-state index contributed by atoms with van der Waals surface area (Å²) < 4.78 is 16.8. The van der Waals surface area contributed by atoms with E-state index in [9.17, 15) is 14.4 Å². The van der Waals surface area contributed by atoms with Crippen molar-refractivity contribution in [1.29, 1.82) is 0 Å². The molecule has 0 bridgehead atoms. The lowest BCUT2D eigenvalue weighted by molar-refractivity contribution is -0.167. The molecule has 0 radical (unpaired) electrons. The van der Waals surface area contributed by atoms with Crippen LogP contribution >= 0.6 is 0 Å². The van der Waals surface area contributed by atoms with Crippen LogP contribution in [0.25, 0.3) is 0 Å². The van der Waals surface area contributed by atoms with Gasteiger partial charge < -0.3 is 14.2 Å². The van der Waals surface area contributed by atoms with E-state index in [1.165, 1.54) is 167 Å². The standard InChI is InChI=1S/C57H104O6/c1-4-7-10-13-16-19-22-25-28-29-30-33-35-38-41-44-47-50-56(59)62-53-54(63-57(60)51-48-45-42-39-36-32-27-24-21-18-15-12-9-6-3)52-61-55(58)49-46-43-40-37-34-31-26-23-20-17-14-11-8-5-2/h25,28,31-32,34,36,54H,4-24,26-27,29-30,33,35,37-53H2,1-3H3/b28-25-,34-31-,36-32-. The van der Waals surface area contributed by atoms with Crippen LogP contribution in [0.15, 0.2) is 36.5 Å². The molecule has 0 saturated heterocycles. The molecule has 0 spiro atoms. The lowest BCUT2D eigenvalue weighted by Crippen LogP contribution is -2.30. The van der Waals surface area contributed by atoms with E-state index in [0.717, 1.165) is 83.5 Å². The Hall–Kier alpha value is -2.37. The molecule has 6 nitrogen and oxygen atoms in total. The summed E-state index contributed by atoms with van der Waals surface area (Å²) in [5.74, 6) is -0.908. The Bertz CT molecular complexity index is 1060. The Kier molecular flexibility index (Phi) is 50.3. The van der Waals surface area contributed by atoms with Crippen molar-refractivity contribution < 1.29 is 28.6 Å². The van der Waals surface area contributed by atoms with Gasteiger partial charge in [0, 0.05) is 19.3 Å². The molecule has 0 aliphatic heterocycles. The molecule has 0 aromatic rings. The summed E-state index contributed by atoms with van der Waals surface area (Å²) in [6, 6.07) is 0. The van der Waals surface area contributed by atoms with Gasteiger partial charge in [-0.2, -0.15) is 0 Å². The van der Waals surface area contributed by atoms with E-state index >= 15 is 0 Å². The molecule has 0 heterocycles. The number of carbonyl (C=O) groups excluding carboxylic acids is 3. The van der Waals surface area contributed by atoms with Gasteiger partial charge in [0.25, 0.3) is 0 Å². The summed E-state index contributed by atoms with van der Waals surface area (Å²) in [5, 5.41) is 0. The SMILES string of the molecule is CCCCCCCC/C=C\CCCCCCCCCC(=O)OCC(COC(=O)CCCCC/C=C\CCCCCCCCC)OC(=O)CCCCC/C=C\CCCCCCCCC. The van der Waals surface area contributed by atoms with E-state index in [1.807, 2.05) is 0 Å². The van der Waals surface area contributed by atoms with Gasteiger partial charge in [0.1, 0.15) is 13.2 Å². The van der Waals surface area contributed by atoms with Crippen molar-refractivity contribution in [2.24, 2.45) is 0 Å². The van der Waals surface area contributed by atoms with E-state index < -0.39 is 6.10 Å². The van der Waals surface area contributed by atoms with Crippen molar-refractivity contribution in [2.45, 2.75) is 297 Å². The number of carbonyl (C=O) groups is 3. The van der Waals surface area contributed by atoms with Gasteiger partial charge in [0.2, 0.25) is 0 Å². The molecule has 1 atom stereocenters. The van der Waals surface area contributed by atoms with Gasteiger partial charge >= 0.3 is 17.9 Å². The molecule has 63 heavy (non-hydrogen) atoms. The molecule has 0 aromatic heterocycles. The van der Waals surface area contributed by atoms with Crippen LogP contribution in [0, 0.1) is 0 Å². The van der Waals surface area contributed by atoms with Gasteiger partial charge in [0.05, 0.1) is 0 Å². The first kappa shape index (κ1) is 60.6. The number of esters is 3. The van der Waals surface area contributed by atoms with Crippen LogP contribution in [-0.4, -0.2) is 37.2 Å². The lowest BCUT2D eigenvalue weighted by Gasteiger charge is -2.18. The molecule has 1 unspecified atom stereocenters. The summed E-state index contributed by atoms with van der Waals surface area (Å²) in [7, 11) is 0. The number of rotatable bonds is 50. The number of allylic oxidation sites excluding steroid dienone is 6. The lowest BCUT2D eigenvalue weighted by atomic mass is 10.1. The maximum absolute atomic E-state index is 12.8. The van der Waals surface area contributed by atoms with E-state index in [2.05, 4.69) is 57.2 Å². The smallest absolute Gasteiger partial charge is 0.306 e. The third kappa shape index (κ3) is 50.5. The fourth-order valence-electron chi connectivity index (χ4n) is 7.90. The molecule has 368 valence electrons. The van der Waals surface area contributed by atoms with Crippen LogP contribution in [0.3, 0.4) is 0 Å². The van der Waals surface area contributed by atoms with Crippen LogP contribution in [0.1, 0.15) is 290 Å². The summed E-state index contributed by atoms with van der Waals surface area (Å²) in [6.45, 7) is 6.62. The molecule has 0 N–H and O–H groups in total. The van der Waals surface area contributed by atoms with Crippen molar-refractivity contribution in [1.82, 2.24) is 0 Å². The first-order valence-electron chi connectivity index (χ1n) is 27.5. The molecule has 0 aliphatic carbocycles. The van der Waals surface area contributed by atoms with Gasteiger partial charge in [-0.25, -0.2) is 0 Å². The molecular weight excluding hydrogens is 781 g/mol. The minimum atomic E-state index is -0.785. The van der Waals surface area contributed by atoms with Gasteiger partial charge in [-0.1, -0.05) is 211 Å². The number of hydrogen-bond acceptors (Lipinski definition) is 6. The van der Waals surface area contributed by atoms with Crippen molar-refractivity contribution in [3.8, 4) is 0 Å². The van der Waals surface area contributed by atoms with Crippen LogP contribution in [-0.2, 0) is 28.6 Å². The van der Waals surface area contributed by atoms with Crippen LogP contribution < -0.4 is 0 Å².